The number of halogens is 1. The molecule has 4 nitrogen and oxygen atoms in total. The fraction of sp³-hybridized carbons (Fsp3) is 0.167. The van der Waals surface area contributed by atoms with Gasteiger partial charge < -0.3 is 9.47 Å². The molecule has 0 fully saturated rings. The minimum absolute atomic E-state index is 0.154. The van der Waals surface area contributed by atoms with E-state index in [0.717, 1.165) is 5.56 Å². The van der Waals surface area contributed by atoms with E-state index in [2.05, 4.69) is 0 Å². The van der Waals surface area contributed by atoms with Crippen molar-refractivity contribution in [1.82, 2.24) is 0 Å². The highest BCUT2D eigenvalue weighted by Gasteiger charge is 2.29. The number of carbonyl (C=O) groups excluding carboxylic acids is 2. The average molecular weight is 392 g/mol. The van der Waals surface area contributed by atoms with Crippen LogP contribution in [0, 0.1) is 11.7 Å². The molecule has 0 spiro atoms. The van der Waals surface area contributed by atoms with Gasteiger partial charge in [0.1, 0.15) is 23.2 Å². The normalized spacial score (nSPS) is 11.5. The maximum absolute atomic E-state index is 13.2. The summed E-state index contributed by atoms with van der Waals surface area (Å²) in [6.45, 7) is 1.86. The number of para-hydroxylation sites is 1. The molecule has 148 valence electrons. The van der Waals surface area contributed by atoms with Crippen LogP contribution in [0.15, 0.2) is 78.9 Å². The summed E-state index contributed by atoms with van der Waals surface area (Å²) in [5.41, 5.74) is 1.02. The van der Waals surface area contributed by atoms with E-state index in [9.17, 15) is 14.0 Å². The lowest BCUT2D eigenvalue weighted by Gasteiger charge is -2.15. The summed E-state index contributed by atoms with van der Waals surface area (Å²) in [6, 6.07) is 21.7. The first-order valence-corrected chi connectivity index (χ1v) is 9.35. The third-order valence-corrected chi connectivity index (χ3v) is 4.33. The summed E-state index contributed by atoms with van der Waals surface area (Å²) in [5.74, 6) is -1.18. The standard InChI is InChI=1S/C24H21FO4/c1-2-28-24(27)22(23(26)18-11-13-19(25)14-12-18)16-17-7-6-10-21(15-17)29-20-8-4-3-5-9-20/h3-15,22H,2,16H2,1H3. The van der Waals surface area contributed by atoms with E-state index in [1.54, 1.807) is 25.1 Å². The molecule has 0 saturated heterocycles. The number of hydrogen-bond acceptors (Lipinski definition) is 4. The van der Waals surface area contributed by atoms with E-state index < -0.39 is 23.5 Å². The maximum Gasteiger partial charge on any atom is 0.317 e. The van der Waals surface area contributed by atoms with E-state index in [0.29, 0.717) is 11.5 Å². The molecule has 0 heterocycles. The summed E-state index contributed by atoms with van der Waals surface area (Å²) in [7, 11) is 0. The van der Waals surface area contributed by atoms with Crippen molar-refractivity contribution < 1.29 is 23.5 Å². The Morgan fingerprint density at radius 2 is 1.59 bits per heavy atom. The van der Waals surface area contributed by atoms with Gasteiger partial charge in [-0.15, -0.1) is 0 Å². The van der Waals surface area contributed by atoms with Gasteiger partial charge in [0.15, 0.2) is 5.78 Å². The highest BCUT2D eigenvalue weighted by Crippen LogP contribution is 2.24. The topological polar surface area (TPSA) is 52.6 Å². The van der Waals surface area contributed by atoms with E-state index in [4.69, 9.17) is 9.47 Å². The molecule has 5 heteroatoms. The number of ether oxygens (including phenoxy) is 2. The summed E-state index contributed by atoms with van der Waals surface area (Å²) in [6.07, 6.45) is 0.154. The lowest BCUT2D eigenvalue weighted by atomic mass is 9.91. The van der Waals surface area contributed by atoms with Gasteiger partial charge in [-0.2, -0.15) is 0 Å². The minimum Gasteiger partial charge on any atom is -0.465 e. The monoisotopic (exact) mass is 392 g/mol. The molecule has 0 bridgehead atoms. The number of carbonyl (C=O) groups is 2. The number of hydrogen-bond donors (Lipinski definition) is 0. The number of Topliss-reactive ketones (excluding diaryl/α,β-unsaturated/α-hetero) is 1. The molecule has 0 aliphatic rings. The highest BCUT2D eigenvalue weighted by molar-refractivity contribution is 6.08. The van der Waals surface area contributed by atoms with E-state index >= 15 is 0 Å². The first kappa shape index (κ1) is 20.3. The van der Waals surface area contributed by atoms with Gasteiger partial charge in [0.2, 0.25) is 0 Å². The number of rotatable bonds is 8. The smallest absolute Gasteiger partial charge is 0.317 e. The van der Waals surface area contributed by atoms with Crippen LogP contribution in [0.5, 0.6) is 11.5 Å². The van der Waals surface area contributed by atoms with Gasteiger partial charge in [-0.05, 0) is 67.4 Å². The molecular formula is C24H21FO4. The van der Waals surface area contributed by atoms with Crippen molar-refractivity contribution in [2.75, 3.05) is 6.61 Å². The Morgan fingerprint density at radius 1 is 0.897 bits per heavy atom. The fourth-order valence-corrected chi connectivity index (χ4v) is 2.94. The van der Waals surface area contributed by atoms with Crippen LogP contribution in [-0.4, -0.2) is 18.4 Å². The Morgan fingerprint density at radius 3 is 2.28 bits per heavy atom. The average Bonchev–Trinajstić information content (AvgIpc) is 2.73. The molecule has 0 saturated carbocycles. The number of benzene rings is 3. The van der Waals surface area contributed by atoms with Crippen molar-refractivity contribution in [2.45, 2.75) is 13.3 Å². The predicted octanol–water partition coefficient (Wildman–Crippen LogP) is 5.22. The first-order chi connectivity index (χ1) is 14.1. The molecule has 29 heavy (non-hydrogen) atoms. The van der Waals surface area contributed by atoms with Crippen molar-refractivity contribution >= 4 is 11.8 Å². The maximum atomic E-state index is 13.2. The second-order valence-corrected chi connectivity index (χ2v) is 6.44. The quantitative estimate of drug-likeness (QED) is 0.299. The Balaban J connectivity index is 1.82. The number of ketones is 1. The number of esters is 1. The third-order valence-electron chi connectivity index (χ3n) is 4.33. The van der Waals surface area contributed by atoms with Gasteiger partial charge >= 0.3 is 5.97 Å². The van der Waals surface area contributed by atoms with E-state index in [1.807, 2.05) is 36.4 Å². The summed E-state index contributed by atoms with van der Waals surface area (Å²) < 4.78 is 24.1. The Hall–Kier alpha value is -3.47. The molecule has 0 aromatic heterocycles. The minimum atomic E-state index is -1.02. The van der Waals surface area contributed by atoms with Crippen molar-refractivity contribution in [2.24, 2.45) is 5.92 Å². The first-order valence-electron chi connectivity index (χ1n) is 9.35. The molecule has 0 amide bonds. The predicted molar refractivity (Wildman–Crippen MR) is 108 cm³/mol. The molecule has 3 aromatic carbocycles. The molecule has 1 atom stereocenters. The van der Waals surface area contributed by atoms with Gasteiger partial charge in [-0.3, -0.25) is 9.59 Å². The van der Waals surface area contributed by atoms with Crippen LogP contribution in [-0.2, 0) is 16.0 Å². The van der Waals surface area contributed by atoms with Crippen molar-refractivity contribution in [3.63, 3.8) is 0 Å². The summed E-state index contributed by atoms with van der Waals surface area (Å²) >= 11 is 0. The van der Waals surface area contributed by atoms with Gasteiger partial charge in [0.25, 0.3) is 0 Å². The van der Waals surface area contributed by atoms with Gasteiger partial charge in [0.05, 0.1) is 6.61 Å². The zero-order chi connectivity index (χ0) is 20.6. The lowest BCUT2D eigenvalue weighted by Crippen LogP contribution is -2.28. The van der Waals surface area contributed by atoms with Gasteiger partial charge in [0, 0.05) is 5.56 Å². The highest BCUT2D eigenvalue weighted by atomic mass is 19.1. The van der Waals surface area contributed by atoms with Crippen LogP contribution in [0.3, 0.4) is 0 Å². The molecule has 0 N–H and O–H groups in total. The molecule has 0 radical (unpaired) electrons. The largest absolute Gasteiger partial charge is 0.465 e. The van der Waals surface area contributed by atoms with Crippen LogP contribution in [0.1, 0.15) is 22.8 Å². The third kappa shape index (κ3) is 5.51. The van der Waals surface area contributed by atoms with Gasteiger partial charge in [-0.1, -0.05) is 30.3 Å². The summed E-state index contributed by atoms with van der Waals surface area (Å²) in [5, 5.41) is 0. The second-order valence-electron chi connectivity index (χ2n) is 6.44. The van der Waals surface area contributed by atoms with E-state index in [-0.39, 0.29) is 18.6 Å². The zero-order valence-electron chi connectivity index (χ0n) is 16.0. The molecular weight excluding hydrogens is 371 g/mol. The Labute approximate surface area is 168 Å². The van der Waals surface area contributed by atoms with Crippen LogP contribution in [0.2, 0.25) is 0 Å². The van der Waals surface area contributed by atoms with Crippen LogP contribution in [0.4, 0.5) is 4.39 Å². The molecule has 0 aliphatic heterocycles. The van der Waals surface area contributed by atoms with Crippen LogP contribution < -0.4 is 4.74 Å². The fourth-order valence-electron chi connectivity index (χ4n) is 2.94. The second kappa shape index (κ2) is 9.64. The van der Waals surface area contributed by atoms with Gasteiger partial charge in [-0.25, -0.2) is 4.39 Å². The van der Waals surface area contributed by atoms with Crippen molar-refractivity contribution in [3.05, 3.63) is 95.8 Å². The zero-order valence-corrected chi connectivity index (χ0v) is 16.0. The van der Waals surface area contributed by atoms with Crippen molar-refractivity contribution in [3.8, 4) is 11.5 Å². The molecule has 3 aromatic rings. The summed E-state index contributed by atoms with van der Waals surface area (Å²) in [4.78, 5) is 25.4. The Bertz CT molecular complexity index is 968. The molecule has 0 aliphatic carbocycles. The lowest BCUT2D eigenvalue weighted by molar-refractivity contribution is -0.146. The Kier molecular flexibility index (Phi) is 6.74. The molecule has 1 unspecified atom stereocenters. The van der Waals surface area contributed by atoms with Crippen molar-refractivity contribution in [1.29, 1.82) is 0 Å². The van der Waals surface area contributed by atoms with Crippen LogP contribution >= 0.6 is 0 Å². The SMILES string of the molecule is CCOC(=O)C(Cc1cccc(Oc2ccccc2)c1)C(=O)c1ccc(F)cc1. The van der Waals surface area contributed by atoms with Crippen LogP contribution in [0.25, 0.3) is 0 Å². The van der Waals surface area contributed by atoms with E-state index in [1.165, 1.54) is 24.3 Å². The molecule has 3 rings (SSSR count).